The number of carboxylic acids is 6. The monoisotopic (exact) mass is 498 g/mol. The highest BCUT2D eigenvalue weighted by Gasteiger charge is 2.15. The predicted octanol–water partition coefficient (Wildman–Crippen LogP) is 3.25. The van der Waals surface area contributed by atoms with Crippen molar-refractivity contribution < 1.29 is 59.4 Å². The molecule has 0 aliphatic heterocycles. The summed E-state index contributed by atoms with van der Waals surface area (Å²) in [5.74, 6) is -7.37. The summed E-state index contributed by atoms with van der Waals surface area (Å²) in [6.07, 6.45) is 0. The van der Waals surface area contributed by atoms with Gasteiger partial charge in [-0.2, -0.15) is 0 Å². The molecule has 0 fully saturated rings. The fourth-order valence-electron chi connectivity index (χ4n) is 2.57. The minimum absolute atomic E-state index is 0.190. The Kier molecular flexibility index (Phi) is 10.5. The fourth-order valence-corrected chi connectivity index (χ4v) is 2.57. The molecule has 0 atom stereocenters. The van der Waals surface area contributed by atoms with E-state index in [2.05, 4.69) is 0 Å². The lowest BCUT2D eigenvalue weighted by Crippen LogP contribution is -2.06. The topological polar surface area (TPSA) is 224 Å². The third-order valence-electron chi connectivity index (χ3n) is 4.16. The van der Waals surface area contributed by atoms with E-state index in [1.807, 2.05) is 0 Å². The molecule has 3 rings (SSSR count). The zero-order chi connectivity index (χ0) is 27.4. The zero-order valence-electron chi connectivity index (χ0n) is 18.1. The molecule has 6 N–H and O–H groups in total. The van der Waals surface area contributed by atoms with E-state index in [0.29, 0.717) is 0 Å². The first-order valence-corrected chi connectivity index (χ1v) is 9.55. The number of hydrogen-bond donors (Lipinski definition) is 6. The predicted molar refractivity (Wildman–Crippen MR) is 121 cm³/mol. The summed E-state index contributed by atoms with van der Waals surface area (Å²) in [5.41, 5.74) is -1.14. The van der Waals surface area contributed by atoms with Crippen LogP contribution in [0.5, 0.6) is 0 Å². The number of carboxylic acid groups (broad SMARTS) is 6. The van der Waals surface area contributed by atoms with Crippen molar-refractivity contribution in [1.29, 1.82) is 0 Å². The molecule has 0 saturated carbocycles. The molecular weight excluding hydrogens is 480 g/mol. The Morgan fingerprint density at radius 3 is 0.500 bits per heavy atom. The van der Waals surface area contributed by atoms with E-state index in [1.165, 1.54) is 72.8 Å². The van der Waals surface area contributed by atoms with Crippen LogP contribution in [0.2, 0.25) is 0 Å². The van der Waals surface area contributed by atoms with Crippen molar-refractivity contribution in [2.24, 2.45) is 0 Å². The molecule has 12 nitrogen and oxygen atoms in total. The van der Waals surface area contributed by atoms with Crippen molar-refractivity contribution in [3.05, 3.63) is 106 Å². The van der Waals surface area contributed by atoms with Gasteiger partial charge in [-0.25, -0.2) is 28.8 Å². The molecule has 0 saturated heterocycles. The molecule has 0 unspecified atom stereocenters. The number of carbonyl (C=O) groups is 6. The lowest BCUT2D eigenvalue weighted by molar-refractivity contribution is 0.0651. The maximum absolute atomic E-state index is 10.5. The Bertz CT molecular complexity index is 1050. The second-order valence-electron chi connectivity index (χ2n) is 6.47. The van der Waals surface area contributed by atoms with Crippen LogP contribution in [0.25, 0.3) is 0 Å². The van der Waals surface area contributed by atoms with Gasteiger partial charge in [0.1, 0.15) is 0 Å². The molecule has 0 amide bonds. The van der Waals surface area contributed by atoms with E-state index >= 15 is 0 Å². The Hall–Kier alpha value is -5.52. The fraction of sp³-hybridized carbons (Fsp3) is 0. The van der Waals surface area contributed by atoms with Gasteiger partial charge in [0.15, 0.2) is 0 Å². The van der Waals surface area contributed by atoms with E-state index in [0.717, 1.165) is 0 Å². The normalized spacial score (nSPS) is 9.33. The van der Waals surface area contributed by atoms with Gasteiger partial charge in [0, 0.05) is 0 Å². The van der Waals surface area contributed by atoms with Crippen molar-refractivity contribution in [2.75, 3.05) is 0 Å². The first-order chi connectivity index (χ1) is 16.9. The Labute approximate surface area is 201 Å². The van der Waals surface area contributed by atoms with Crippen LogP contribution in [0, 0.1) is 0 Å². The van der Waals surface area contributed by atoms with Crippen LogP contribution in [-0.4, -0.2) is 66.5 Å². The van der Waals surface area contributed by atoms with E-state index < -0.39 is 35.8 Å². The van der Waals surface area contributed by atoms with E-state index in [-0.39, 0.29) is 33.4 Å². The van der Waals surface area contributed by atoms with Crippen LogP contribution < -0.4 is 0 Å². The van der Waals surface area contributed by atoms with Gasteiger partial charge in [0.05, 0.1) is 33.4 Å². The second-order valence-corrected chi connectivity index (χ2v) is 6.47. The molecule has 0 heterocycles. The number of aromatic carboxylic acids is 6. The summed E-state index contributed by atoms with van der Waals surface area (Å²) in [6, 6.07) is 16.4. The molecule has 0 spiro atoms. The van der Waals surface area contributed by atoms with Crippen LogP contribution >= 0.6 is 0 Å². The highest BCUT2D eigenvalue weighted by Crippen LogP contribution is 2.09. The van der Waals surface area contributed by atoms with Crippen LogP contribution in [0.4, 0.5) is 0 Å². The molecule has 36 heavy (non-hydrogen) atoms. The Balaban J connectivity index is 0.000000270. The molecule has 186 valence electrons. The van der Waals surface area contributed by atoms with E-state index in [9.17, 15) is 28.8 Å². The average molecular weight is 498 g/mol. The van der Waals surface area contributed by atoms with Crippen LogP contribution in [0.15, 0.2) is 72.8 Å². The summed E-state index contributed by atoms with van der Waals surface area (Å²) in [4.78, 5) is 62.8. The molecule has 0 aliphatic carbocycles. The zero-order valence-corrected chi connectivity index (χ0v) is 18.1. The van der Waals surface area contributed by atoms with Crippen molar-refractivity contribution in [3.63, 3.8) is 0 Å². The smallest absolute Gasteiger partial charge is 0.336 e. The molecule has 0 radical (unpaired) electrons. The summed E-state index contributed by atoms with van der Waals surface area (Å²) in [5, 5.41) is 51.3. The Morgan fingerprint density at radius 2 is 0.417 bits per heavy atom. The third kappa shape index (κ3) is 8.12. The van der Waals surface area contributed by atoms with E-state index in [1.54, 1.807) is 0 Å². The maximum atomic E-state index is 10.5. The summed E-state index contributed by atoms with van der Waals surface area (Å²) >= 11 is 0. The molecule has 12 heteroatoms. The van der Waals surface area contributed by atoms with Gasteiger partial charge in [-0.05, 0) is 36.4 Å². The van der Waals surface area contributed by atoms with Crippen molar-refractivity contribution in [1.82, 2.24) is 0 Å². The van der Waals surface area contributed by atoms with Crippen LogP contribution in [0.3, 0.4) is 0 Å². The van der Waals surface area contributed by atoms with Gasteiger partial charge in [0.2, 0.25) is 0 Å². The largest absolute Gasteiger partial charge is 0.478 e. The van der Waals surface area contributed by atoms with Gasteiger partial charge in [-0.3, -0.25) is 0 Å². The second kappa shape index (κ2) is 13.3. The maximum Gasteiger partial charge on any atom is 0.336 e. The highest BCUT2D eigenvalue weighted by atomic mass is 16.4. The minimum atomic E-state index is -1.23. The number of hydrogen-bond acceptors (Lipinski definition) is 6. The van der Waals surface area contributed by atoms with Crippen LogP contribution in [-0.2, 0) is 0 Å². The van der Waals surface area contributed by atoms with Crippen molar-refractivity contribution in [2.45, 2.75) is 0 Å². The number of benzene rings is 3. The van der Waals surface area contributed by atoms with Gasteiger partial charge < -0.3 is 30.6 Å². The summed E-state index contributed by atoms with van der Waals surface area (Å²) < 4.78 is 0. The first kappa shape index (κ1) is 28.5. The minimum Gasteiger partial charge on any atom is -0.478 e. The Morgan fingerprint density at radius 1 is 0.306 bits per heavy atom. The van der Waals surface area contributed by atoms with Gasteiger partial charge >= 0.3 is 35.8 Å². The molecular formula is C24H18O12. The van der Waals surface area contributed by atoms with Gasteiger partial charge in [0.25, 0.3) is 0 Å². The number of rotatable bonds is 6. The van der Waals surface area contributed by atoms with Gasteiger partial charge in [-0.15, -0.1) is 0 Å². The molecule has 3 aromatic carbocycles. The standard InChI is InChI=1S/3C8H6O4/c3*9-7(10)5-3-1-2-4-6(5)8(11)12/h3*1-4H,(H,9,10)(H,11,12). The summed E-state index contributed by atoms with van der Waals surface area (Å²) in [7, 11) is 0. The SMILES string of the molecule is O=C(O)c1ccccc1C(=O)O.O=C(O)c1ccccc1C(=O)O.O=C(O)c1ccccc1C(=O)O. The van der Waals surface area contributed by atoms with E-state index in [4.69, 9.17) is 30.6 Å². The lowest BCUT2D eigenvalue weighted by atomic mass is 10.1. The summed E-state index contributed by atoms with van der Waals surface area (Å²) in [6.45, 7) is 0. The lowest BCUT2D eigenvalue weighted by Gasteiger charge is -1.98. The van der Waals surface area contributed by atoms with Gasteiger partial charge in [-0.1, -0.05) is 36.4 Å². The molecule has 0 aliphatic rings. The van der Waals surface area contributed by atoms with Crippen LogP contribution in [0.1, 0.15) is 62.1 Å². The highest BCUT2D eigenvalue weighted by molar-refractivity contribution is 6.02. The van der Waals surface area contributed by atoms with Crippen molar-refractivity contribution >= 4 is 35.8 Å². The first-order valence-electron chi connectivity index (χ1n) is 9.55. The third-order valence-corrected chi connectivity index (χ3v) is 4.16. The molecule has 0 aromatic heterocycles. The average Bonchev–Trinajstić information content (AvgIpc) is 2.84. The van der Waals surface area contributed by atoms with Crippen molar-refractivity contribution in [3.8, 4) is 0 Å². The molecule has 3 aromatic rings. The quantitative estimate of drug-likeness (QED) is 0.288. The molecule has 0 bridgehead atoms.